The van der Waals surface area contributed by atoms with Crippen molar-refractivity contribution >= 4 is 6.09 Å². The SMILES string of the molecule is C[C@H](C#CCO)NC(=O)OC(C)(C)C. The first-order chi connectivity index (χ1) is 6.35. The molecule has 0 aromatic heterocycles. The molecular weight excluding hydrogens is 182 g/mol. The zero-order valence-electron chi connectivity index (χ0n) is 9.05. The first-order valence-corrected chi connectivity index (χ1v) is 4.44. The summed E-state index contributed by atoms with van der Waals surface area (Å²) in [5.74, 6) is 5.09. The lowest BCUT2D eigenvalue weighted by atomic mass is 10.2. The first kappa shape index (κ1) is 12.8. The van der Waals surface area contributed by atoms with E-state index in [1.165, 1.54) is 0 Å². The van der Waals surface area contributed by atoms with Gasteiger partial charge in [0.05, 0.1) is 6.04 Å². The molecule has 0 aliphatic carbocycles. The molecule has 0 radical (unpaired) electrons. The number of ether oxygens (including phenoxy) is 1. The Kier molecular flexibility index (Phi) is 5.03. The van der Waals surface area contributed by atoms with Gasteiger partial charge in [-0.2, -0.15) is 0 Å². The zero-order valence-corrected chi connectivity index (χ0v) is 9.05. The predicted molar refractivity (Wildman–Crippen MR) is 53.7 cm³/mol. The van der Waals surface area contributed by atoms with Gasteiger partial charge in [-0.3, -0.25) is 0 Å². The maximum absolute atomic E-state index is 11.2. The third kappa shape index (κ3) is 7.44. The lowest BCUT2D eigenvalue weighted by molar-refractivity contribution is 0.0519. The summed E-state index contributed by atoms with van der Waals surface area (Å²) in [7, 11) is 0. The molecule has 0 aromatic rings. The molecule has 0 spiro atoms. The van der Waals surface area contributed by atoms with E-state index in [0.717, 1.165) is 0 Å². The third-order valence-electron chi connectivity index (χ3n) is 1.13. The van der Waals surface area contributed by atoms with Gasteiger partial charge in [0.2, 0.25) is 0 Å². The number of hydrogen-bond acceptors (Lipinski definition) is 3. The molecule has 0 bridgehead atoms. The van der Waals surface area contributed by atoms with Crippen LogP contribution < -0.4 is 5.32 Å². The van der Waals surface area contributed by atoms with Gasteiger partial charge in [0, 0.05) is 0 Å². The molecule has 0 rings (SSSR count). The highest BCUT2D eigenvalue weighted by Gasteiger charge is 2.16. The van der Waals surface area contributed by atoms with Crippen LogP contribution in [0.5, 0.6) is 0 Å². The number of nitrogens with one attached hydrogen (secondary N) is 1. The molecule has 0 unspecified atom stereocenters. The van der Waals surface area contributed by atoms with Gasteiger partial charge in [-0.05, 0) is 27.7 Å². The molecule has 0 saturated carbocycles. The molecule has 1 amide bonds. The molecule has 0 aliphatic rings. The van der Waals surface area contributed by atoms with E-state index in [2.05, 4.69) is 17.2 Å². The smallest absolute Gasteiger partial charge is 0.408 e. The zero-order chi connectivity index (χ0) is 11.2. The molecular formula is C10H17NO3. The third-order valence-corrected chi connectivity index (χ3v) is 1.13. The van der Waals surface area contributed by atoms with Crippen molar-refractivity contribution in [2.45, 2.75) is 39.3 Å². The summed E-state index contributed by atoms with van der Waals surface area (Å²) in [6, 6.07) is -0.322. The second kappa shape index (κ2) is 5.51. The van der Waals surface area contributed by atoms with Gasteiger partial charge in [0.25, 0.3) is 0 Å². The topological polar surface area (TPSA) is 58.6 Å². The Morgan fingerprint density at radius 1 is 1.57 bits per heavy atom. The number of amides is 1. The van der Waals surface area contributed by atoms with Gasteiger partial charge in [0.1, 0.15) is 12.2 Å². The maximum Gasteiger partial charge on any atom is 0.408 e. The number of carbonyl (C=O) groups is 1. The number of hydrogen-bond donors (Lipinski definition) is 2. The van der Waals surface area contributed by atoms with Crippen molar-refractivity contribution in [1.29, 1.82) is 0 Å². The Labute approximate surface area is 84.6 Å². The lowest BCUT2D eigenvalue weighted by Gasteiger charge is -2.20. The molecule has 2 N–H and O–H groups in total. The van der Waals surface area contributed by atoms with E-state index in [0.29, 0.717) is 0 Å². The van der Waals surface area contributed by atoms with Crippen molar-refractivity contribution in [3.8, 4) is 11.8 Å². The number of carbonyl (C=O) groups excluding carboxylic acids is 1. The molecule has 4 nitrogen and oxygen atoms in total. The molecule has 0 heterocycles. The summed E-state index contributed by atoms with van der Waals surface area (Å²) in [4.78, 5) is 11.2. The summed E-state index contributed by atoms with van der Waals surface area (Å²) in [6.45, 7) is 6.87. The van der Waals surface area contributed by atoms with Crippen LogP contribution in [0.15, 0.2) is 0 Å². The van der Waals surface area contributed by atoms with Crippen LogP contribution >= 0.6 is 0 Å². The average molecular weight is 199 g/mol. The van der Waals surface area contributed by atoms with E-state index in [9.17, 15) is 4.79 Å². The Balaban J connectivity index is 3.95. The van der Waals surface area contributed by atoms with Crippen LogP contribution in [0.25, 0.3) is 0 Å². The second-order valence-electron chi connectivity index (χ2n) is 3.85. The van der Waals surface area contributed by atoms with Gasteiger partial charge in [-0.15, -0.1) is 0 Å². The number of aliphatic hydroxyl groups is 1. The normalized spacial score (nSPS) is 12.4. The molecule has 80 valence electrons. The quantitative estimate of drug-likeness (QED) is 0.617. The summed E-state index contributed by atoms with van der Waals surface area (Å²) in [5, 5.41) is 10.9. The van der Waals surface area contributed by atoms with Gasteiger partial charge >= 0.3 is 6.09 Å². The van der Waals surface area contributed by atoms with Crippen molar-refractivity contribution in [1.82, 2.24) is 5.32 Å². The van der Waals surface area contributed by atoms with Crippen molar-refractivity contribution < 1.29 is 14.6 Å². The highest BCUT2D eigenvalue weighted by molar-refractivity contribution is 5.68. The number of alkyl carbamates (subject to hydrolysis) is 1. The van der Waals surface area contributed by atoms with Crippen molar-refractivity contribution in [2.75, 3.05) is 6.61 Å². The van der Waals surface area contributed by atoms with E-state index >= 15 is 0 Å². The molecule has 1 atom stereocenters. The van der Waals surface area contributed by atoms with E-state index in [4.69, 9.17) is 9.84 Å². The first-order valence-electron chi connectivity index (χ1n) is 4.44. The maximum atomic E-state index is 11.2. The molecule has 4 heteroatoms. The molecule has 0 saturated heterocycles. The molecule has 0 fully saturated rings. The summed E-state index contributed by atoms with van der Waals surface area (Å²) in [6.07, 6.45) is -0.503. The van der Waals surface area contributed by atoms with Gasteiger partial charge in [0.15, 0.2) is 0 Å². The minimum Gasteiger partial charge on any atom is -0.444 e. The van der Waals surface area contributed by atoms with Crippen molar-refractivity contribution in [3.63, 3.8) is 0 Å². The van der Waals surface area contributed by atoms with E-state index in [-0.39, 0.29) is 12.6 Å². The van der Waals surface area contributed by atoms with Gasteiger partial charge in [-0.1, -0.05) is 11.8 Å². The minimum absolute atomic E-state index is 0.208. The Hall–Kier alpha value is -1.21. The fourth-order valence-corrected chi connectivity index (χ4v) is 0.719. The van der Waals surface area contributed by atoms with Gasteiger partial charge < -0.3 is 15.2 Å². The fraction of sp³-hybridized carbons (Fsp3) is 0.700. The van der Waals surface area contributed by atoms with Crippen LogP contribution in [0, 0.1) is 11.8 Å². The molecule has 0 aliphatic heterocycles. The van der Waals surface area contributed by atoms with E-state index in [1.54, 1.807) is 27.7 Å². The summed E-state index contributed by atoms with van der Waals surface area (Å²) >= 11 is 0. The average Bonchev–Trinajstić information content (AvgIpc) is 1.96. The second-order valence-corrected chi connectivity index (χ2v) is 3.85. The van der Waals surface area contributed by atoms with E-state index < -0.39 is 11.7 Å². The number of aliphatic hydroxyl groups excluding tert-OH is 1. The van der Waals surface area contributed by atoms with Gasteiger partial charge in [-0.25, -0.2) is 4.79 Å². The van der Waals surface area contributed by atoms with Crippen LogP contribution in [-0.2, 0) is 4.74 Å². The van der Waals surface area contributed by atoms with Crippen LogP contribution in [0.2, 0.25) is 0 Å². The molecule has 0 aromatic carbocycles. The summed E-state index contributed by atoms with van der Waals surface area (Å²) in [5.41, 5.74) is -0.506. The van der Waals surface area contributed by atoms with Crippen LogP contribution in [-0.4, -0.2) is 29.4 Å². The highest BCUT2D eigenvalue weighted by Crippen LogP contribution is 2.06. The van der Waals surface area contributed by atoms with Crippen molar-refractivity contribution in [3.05, 3.63) is 0 Å². The Morgan fingerprint density at radius 3 is 2.57 bits per heavy atom. The van der Waals surface area contributed by atoms with Crippen LogP contribution in [0.3, 0.4) is 0 Å². The monoisotopic (exact) mass is 199 g/mol. The predicted octanol–water partition coefficient (Wildman–Crippen LogP) is 0.895. The number of rotatable bonds is 1. The fourth-order valence-electron chi connectivity index (χ4n) is 0.719. The lowest BCUT2D eigenvalue weighted by Crippen LogP contribution is -2.37. The Bertz CT molecular complexity index is 244. The molecule has 14 heavy (non-hydrogen) atoms. The summed E-state index contributed by atoms with van der Waals surface area (Å²) < 4.78 is 5.01. The Morgan fingerprint density at radius 2 is 2.14 bits per heavy atom. The van der Waals surface area contributed by atoms with Crippen LogP contribution in [0.1, 0.15) is 27.7 Å². The van der Waals surface area contributed by atoms with E-state index in [1.807, 2.05) is 0 Å². The standard InChI is InChI=1S/C10H17NO3/c1-8(6-5-7-12)11-9(13)14-10(2,3)4/h8,12H,7H2,1-4H3,(H,11,13)/t8-/m1/s1. The highest BCUT2D eigenvalue weighted by atomic mass is 16.6. The largest absolute Gasteiger partial charge is 0.444 e. The van der Waals surface area contributed by atoms with Crippen LogP contribution in [0.4, 0.5) is 4.79 Å². The van der Waals surface area contributed by atoms with Crippen molar-refractivity contribution in [2.24, 2.45) is 0 Å². The minimum atomic E-state index is -0.506.